The third-order valence-electron chi connectivity index (χ3n) is 1.81. The molecule has 0 fully saturated rings. The van der Waals surface area contributed by atoms with Crippen LogP contribution in [0.1, 0.15) is 0 Å². The van der Waals surface area contributed by atoms with Crippen LogP contribution in [0.3, 0.4) is 0 Å². The van der Waals surface area contributed by atoms with Gasteiger partial charge in [0.15, 0.2) is 0 Å². The molecule has 0 spiro atoms. The minimum atomic E-state index is -7.68. The molecule has 0 rings (SSSR count). The molecule has 116 valence electrons. The molecule has 0 aromatic heterocycles. The summed E-state index contributed by atoms with van der Waals surface area (Å²) in [6, 6.07) is 0. The summed E-state index contributed by atoms with van der Waals surface area (Å²) in [5, 5.41) is 7.52. The van der Waals surface area contributed by atoms with E-state index < -0.39 is 35.8 Å². The Morgan fingerprint density at radius 1 is 0.650 bits per heavy atom. The number of rotatable bonds is 4. The molecular formula is C6H2F11LiO2. The summed E-state index contributed by atoms with van der Waals surface area (Å²) in [7, 11) is 0. The van der Waals surface area contributed by atoms with Crippen molar-refractivity contribution in [3.05, 3.63) is 0 Å². The van der Waals surface area contributed by atoms with Crippen LogP contribution in [-0.2, 0) is 4.79 Å². The Bertz CT molecular complexity index is 374. The molecule has 0 atom stereocenters. The van der Waals surface area contributed by atoms with Gasteiger partial charge in [0, 0.05) is 0 Å². The van der Waals surface area contributed by atoms with E-state index in [1.807, 2.05) is 0 Å². The van der Waals surface area contributed by atoms with Crippen molar-refractivity contribution >= 4 is 24.8 Å². The Balaban J connectivity index is 0. The standard InChI is InChI=1S/C6HF11O2.Li.H/c7-2(8,1(18)19)3(9,10)4(11,12)5(13,14)6(15,16)17;;/h(H,18,19);;. The van der Waals surface area contributed by atoms with Crippen molar-refractivity contribution in [2.45, 2.75) is 29.9 Å². The SMILES string of the molecule is O=C(O)C(F)(F)C(F)(F)C(F)(F)C(F)(F)C(F)(F)F.[LiH]. The number of hydrogen-bond acceptors (Lipinski definition) is 1. The number of aliphatic carboxylic acids is 1. The normalized spacial score (nSPS) is 14.8. The molecule has 0 aromatic carbocycles. The van der Waals surface area contributed by atoms with Gasteiger partial charge in [-0.1, -0.05) is 0 Å². The van der Waals surface area contributed by atoms with Crippen molar-refractivity contribution in [2.24, 2.45) is 0 Å². The number of carbonyl (C=O) groups is 1. The Morgan fingerprint density at radius 3 is 1.15 bits per heavy atom. The van der Waals surface area contributed by atoms with Gasteiger partial charge in [-0.15, -0.1) is 0 Å². The summed E-state index contributed by atoms with van der Waals surface area (Å²) in [6.07, 6.45) is -7.30. The van der Waals surface area contributed by atoms with Crippen molar-refractivity contribution in [3.63, 3.8) is 0 Å². The minimum absolute atomic E-state index is 0. The molecule has 20 heavy (non-hydrogen) atoms. The van der Waals surface area contributed by atoms with Gasteiger partial charge in [0.05, 0.1) is 0 Å². The molecule has 0 aliphatic rings. The average Bonchev–Trinajstić information content (AvgIpc) is 2.14. The molecule has 0 aliphatic heterocycles. The Morgan fingerprint density at radius 2 is 0.950 bits per heavy atom. The van der Waals surface area contributed by atoms with Gasteiger partial charge in [0.2, 0.25) is 0 Å². The van der Waals surface area contributed by atoms with E-state index in [1.165, 1.54) is 0 Å². The molecule has 0 saturated heterocycles. The predicted octanol–water partition coefficient (Wildman–Crippen LogP) is 2.53. The molecule has 14 heteroatoms. The van der Waals surface area contributed by atoms with Crippen molar-refractivity contribution in [2.75, 3.05) is 0 Å². The Hall–Kier alpha value is -0.703. The fourth-order valence-corrected chi connectivity index (χ4v) is 0.707. The molecule has 0 heterocycles. The summed E-state index contributed by atoms with van der Waals surface area (Å²) in [5.74, 6) is -33.6. The molecule has 0 aromatic rings. The van der Waals surface area contributed by atoms with E-state index in [9.17, 15) is 53.1 Å². The molecule has 0 unspecified atom stereocenters. The third-order valence-corrected chi connectivity index (χ3v) is 1.81. The van der Waals surface area contributed by atoms with Crippen LogP contribution in [0.2, 0.25) is 0 Å². The van der Waals surface area contributed by atoms with E-state index in [2.05, 4.69) is 0 Å². The van der Waals surface area contributed by atoms with Crippen LogP contribution in [0.5, 0.6) is 0 Å². The maximum absolute atomic E-state index is 12.4. The molecular weight excluding hydrogens is 320 g/mol. The number of carboxylic acid groups (broad SMARTS) is 1. The van der Waals surface area contributed by atoms with Crippen molar-refractivity contribution in [3.8, 4) is 0 Å². The van der Waals surface area contributed by atoms with Gasteiger partial charge in [-0.2, -0.15) is 48.3 Å². The van der Waals surface area contributed by atoms with Gasteiger partial charge < -0.3 is 5.11 Å². The molecule has 0 saturated carbocycles. The van der Waals surface area contributed by atoms with E-state index in [4.69, 9.17) is 5.11 Å². The zero-order valence-electron chi connectivity index (χ0n) is 8.01. The third kappa shape index (κ3) is 2.69. The van der Waals surface area contributed by atoms with Gasteiger partial charge in [0.25, 0.3) is 0 Å². The Labute approximate surface area is 114 Å². The zero-order chi connectivity index (χ0) is 16.1. The Kier molecular flexibility index (Phi) is 5.67. The van der Waals surface area contributed by atoms with Crippen molar-refractivity contribution in [1.29, 1.82) is 0 Å². The van der Waals surface area contributed by atoms with Crippen LogP contribution in [0, 0.1) is 0 Å². The molecule has 2 nitrogen and oxygen atoms in total. The average molecular weight is 322 g/mol. The molecule has 0 bridgehead atoms. The predicted molar refractivity (Wildman–Crippen MR) is 40.6 cm³/mol. The van der Waals surface area contributed by atoms with Crippen LogP contribution >= 0.6 is 0 Å². The van der Waals surface area contributed by atoms with Gasteiger partial charge >= 0.3 is 54.7 Å². The summed E-state index contributed by atoms with van der Waals surface area (Å²) >= 11 is 0. The summed E-state index contributed by atoms with van der Waals surface area (Å²) in [6.45, 7) is 0. The monoisotopic (exact) mass is 322 g/mol. The summed E-state index contributed by atoms with van der Waals surface area (Å²) in [4.78, 5) is 9.60. The quantitative estimate of drug-likeness (QED) is 0.638. The van der Waals surface area contributed by atoms with Gasteiger partial charge in [-0.05, 0) is 0 Å². The van der Waals surface area contributed by atoms with Crippen LogP contribution in [0.15, 0.2) is 0 Å². The summed E-state index contributed by atoms with van der Waals surface area (Å²) in [5.41, 5.74) is 0. The van der Waals surface area contributed by atoms with Crippen LogP contribution in [-0.4, -0.2) is 59.8 Å². The van der Waals surface area contributed by atoms with E-state index in [0.29, 0.717) is 0 Å². The summed E-state index contributed by atoms with van der Waals surface area (Å²) < 4.78 is 133. The zero-order valence-corrected chi connectivity index (χ0v) is 8.01. The second-order valence-electron chi connectivity index (χ2n) is 3.10. The van der Waals surface area contributed by atoms with E-state index in [0.717, 1.165) is 0 Å². The first kappa shape index (κ1) is 21.6. The van der Waals surface area contributed by atoms with Crippen molar-refractivity contribution in [1.82, 2.24) is 0 Å². The van der Waals surface area contributed by atoms with Crippen LogP contribution < -0.4 is 0 Å². The fraction of sp³-hybridized carbons (Fsp3) is 0.833. The number of carboxylic acids is 1. The van der Waals surface area contributed by atoms with E-state index >= 15 is 0 Å². The van der Waals surface area contributed by atoms with Gasteiger partial charge in [-0.25, -0.2) is 4.79 Å². The first-order valence-electron chi connectivity index (χ1n) is 3.76. The van der Waals surface area contributed by atoms with Crippen molar-refractivity contribution < 1.29 is 58.2 Å². The van der Waals surface area contributed by atoms with Crippen LogP contribution in [0.25, 0.3) is 0 Å². The van der Waals surface area contributed by atoms with Gasteiger partial charge in [0.1, 0.15) is 0 Å². The van der Waals surface area contributed by atoms with Crippen LogP contribution in [0.4, 0.5) is 48.3 Å². The van der Waals surface area contributed by atoms with E-state index in [-0.39, 0.29) is 18.9 Å². The molecule has 0 radical (unpaired) electrons. The molecule has 0 aliphatic carbocycles. The van der Waals surface area contributed by atoms with Gasteiger partial charge in [-0.3, -0.25) is 0 Å². The number of halogens is 11. The molecule has 1 N–H and O–H groups in total. The fourth-order valence-electron chi connectivity index (χ4n) is 0.707. The maximum atomic E-state index is 12.4. The second-order valence-corrected chi connectivity index (χ2v) is 3.10. The second kappa shape index (κ2) is 5.25. The molecule has 0 amide bonds. The van der Waals surface area contributed by atoms with E-state index in [1.54, 1.807) is 0 Å². The topological polar surface area (TPSA) is 37.3 Å². The number of hydrogen-bond donors (Lipinski definition) is 1. The first-order valence-corrected chi connectivity index (χ1v) is 3.76. The first-order chi connectivity index (χ1) is 7.94. The number of alkyl halides is 11.